The van der Waals surface area contributed by atoms with Crippen LogP contribution in [0.15, 0.2) is 54.6 Å². The summed E-state index contributed by atoms with van der Waals surface area (Å²) < 4.78 is 10.6. The number of esters is 1. The first kappa shape index (κ1) is 22.2. The second-order valence-corrected chi connectivity index (χ2v) is 6.62. The highest BCUT2D eigenvalue weighted by molar-refractivity contribution is 6.33. The average Bonchev–Trinajstić information content (AvgIpc) is 2.72. The molecule has 154 valence electrons. The Kier molecular flexibility index (Phi) is 8.48. The maximum absolute atomic E-state index is 12.2. The molecule has 8 heteroatoms. The second kappa shape index (κ2) is 11.1. The summed E-state index contributed by atoms with van der Waals surface area (Å²) in [5.74, 6) is -1.03. The van der Waals surface area contributed by atoms with E-state index in [1.807, 2.05) is 6.07 Å². The van der Waals surface area contributed by atoms with Crippen LogP contribution >= 0.6 is 11.6 Å². The number of rotatable bonds is 9. The normalized spacial score (nSPS) is 11.3. The first-order valence-electron chi connectivity index (χ1n) is 9.07. The number of hydrogen-bond acceptors (Lipinski definition) is 5. The molecule has 0 bridgehead atoms. The molecule has 0 unspecified atom stereocenters. The van der Waals surface area contributed by atoms with E-state index in [-0.39, 0.29) is 6.54 Å². The zero-order chi connectivity index (χ0) is 21.2. The van der Waals surface area contributed by atoms with Crippen molar-refractivity contribution >= 4 is 35.1 Å². The minimum atomic E-state index is -0.820. The minimum absolute atomic E-state index is 0.209. The van der Waals surface area contributed by atoms with Gasteiger partial charge in [-0.3, -0.25) is 9.59 Å². The Labute approximate surface area is 174 Å². The van der Waals surface area contributed by atoms with E-state index in [1.165, 1.54) is 11.9 Å². The summed E-state index contributed by atoms with van der Waals surface area (Å²) in [6.07, 6.45) is -0.433. The SMILES string of the molecule is CC[C@@H](Oc1ccccc1)C(=O)OCC(=O)N(C)CC(=O)Nc1ccccc1Cl. The number of ether oxygens (including phenoxy) is 2. The van der Waals surface area contributed by atoms with E-state index >= 15 is 0 Å². The Morgan fingerprint density at radius 1 is 1.07 bits per heavy atom. The number of carbonyl (C=O) groups excluding carboxylic acids is 3. The maximum atomic E-state index is 12.2. The van der Waals surface area contributed by atoms with Crippen LogP contribution in [-0.4, -0.2) is 49.0 Å². The number of amides is 2. The minimum Gasteiger partial charge on any atom is -0.479 e. The summed E-state index contributed by atoms with van der Waals surface area (Å²) in [6.45, 7) is 1.09. The van der Waals surface area contributed by atoms with E-state index in [4.69, 9.17) is 21.1 Å². The molecular weight excluding hydrogens is 396 g/mol. The van der Waals surface area contributed by atoms with Crippen molar-refractivity contribution in [3.63, 3.8) is 0 Å². The van der Waals surface area contributed by atoms with Gasteiger partial charge < -0.3 is 19.7 Å². The third-order valence-electron chi connectivity index (χ3n) is 3.95. The summed E-state index contributed by atoms with van der Waals surface area (Å²) >= 11 is 5.99. The zero-order valence-electron chi connectivity index (χ0n) is 16.3. The largest absolute Gasteiger partial charge is 0.479 e. The number of halogens is 1. The fourth-order valence-electron chi connectivity index (χ4n) is 2.35. The van der Waals surface area contributed by atoms with Gasteiger partial charge in [0, 0.05) is 7.05 Å². The highest BCUT2D eigenvalue weighted by Gasteiger charge is 2.22. The van der Waals surface area contributed by atoms with Gasteiger partial charge >= 0.3 is 5.97 Å². The van der Waals surface area contributed by atoms with Crippen molar-refractivity contribution in [2.75, 3.05) is 25.5 Å². The van der Waals surface area contributed by atoms with Gasteiger partial charge in [0.05, 0.1) is 17.3 Å². The Morgan fingerprint density at radius 2 is 1.72 bits per heavy atom. The van der Waals surface area contributed by atoms with Gasteiger partial charge in [0.2, 0.25) is 5.91 Å². The molecular formula is C21H23ClN2O5. The Hall–Kier alpha value is -3.06. The molecule has 0 fully saturated rings. The Balaban J connectivity index is 1.80. The number of nitrogens with one attached hydrogen (secondary N) is 1. The molecule has 29 heavy (non-hydrogen) atoms. The van der Waals surface area contributed by atoms with Crippen molar-refractivity contribution in [1.29, 1.82) is 0 Å². The van der Waals surface area contributed by atoms with Crippen LogP contribution in [0.2, 0.25) is 5.02 Å². The van der Waals surface area contributed by atoms with Crippen LogP contribution in [0.25, 0.3) is 0 Å². The Morgan fingerprint density at radius 3 is 2.38 bits per heavy atom. The third kappa shape index (κ3) is 7.12. The fourth-order valence-corrected chi connectivity index (χ4v) is 2.54. The van der Waals surface area contributed by atoms with Gasteiger partial charge in [0.1, 0.15) is 5.75 Å². The van der Waals surface area contributed by atoms with Gasteiger partial charge in [-0.1, -0.05) is 48.9 Å². The van der Waals surface area contributed by atoms with Crippen molar-refractivity contribution in [2.45, 2.75) is 19.4 Å². The van der Waals surface area contributed by atoms with Crippen LogP contribution in [0.4, 0.5) is 5.69 Å². The van der Waals surface area contributed by atoms with E-state index in [9.17, 15) is 14.4 Å². The van der Waals surface area contributed by atoms with Crippen molar-refractivity contribution in [1.82, 2.24) is 4.90 Å². The first-order valence-corrected chi connectivity index (χ1v) is 9.45. The molecule has 0 saturated carbocycles. The van der Waals surface area contributed by atoms with Gasteiger partial charge in [-0.15, -0.1) is 0 Å². The predicted molar refractivity (Wildman–Crippen MR) is 110 cm³/mol. The van der Waals surface area contributed by atoms with Gasteiger partial charge in [-0.2, -0.15) is 0 Å². The monoisotopic (exact) mass is 418 g/mol. The molecule has 0 aromatic heterocycles. The summed E-state index contributed by atoms with van der Waals surface area (Å²) in [7, 11) is 1.44. The van der Waals surface area contributed by atoms with Crippen LogP contribution in [0.5, 0.6) is 5.75 Å². The zero-order valence-corrected chi connectivity index (χ0v) is 17.0. The lowest BCUT2D eigenvalue weighted by Crippen LogP contribution is -2.39. The average molecular weight is 419 g/mol. The smallest absolute Gasteiger partial charge is 0.347 e. The molecule has 1 N–H and O–H groups in total. The van der Waals surface area contributed by atoms with Crippen LogP contribution in [0, 0.1) is 0 Å². The molecule has 2 aromatic rings. The lowest BCUT2D eigenvalue weighted by Gasteiger charge is -2.19. The Bertz CT molecular complexity index is 844. The molecule has 7 nitrogen and oxygen atoms in total. The molecule has 0 spiro atoms. The summed E-state index contributed by atoms with van der Waals surface area (Å²) in [5, 5.41) is 3.02. The number of hydrogen-bond donors (Lipinski definition) is 1. The summed E-state index contributed by atoms with van der Waals surface area (Å²) in [4.78, 5) is 37.6. The van der Waals surface area contributed by atoms with Gasteiger partial charge in [-0.25, -0.2) is 4.79 Å². The van der Waals surface area contributed by atoms with Gasteiger partial charge in [0.25, 0.3) is 5.91 Å². The second-order valence-electron chi connectivity index (χ2n) is 6.21. The highest BCUT2D eigenvalue weighted by atomic mass is 35.5. The lowest BCUT2D eigenvalue weighted by molar-refractivity contribution is -0.158. The number of likely N-dealkylation sites (N-methyl/N-ethyl adjacent to an activating group) is 1. The third-order valence-corrected chi connectivity index (χ3v) is 4.28. The fraction of sp³-hybridized carbons (Fsp3) is 0.286. The van der Waals surface area contributed by atoms with Crippen LogP contribution in [0.3, 0.4) is 0 Å². The molecule has 0 aliphatic heterocycles. The van der Waals surface area contributed by atoms with Crippen molar-refractivity contribution < 1.29 is 23.9 Å². The number of carbonyl (C=O) groups is 3. The molecule has 0 aliphatic carbocycles. The number of para-hydroxylation sites is 2. The van der Waals surface area contributed by atoms with E-state index in [2.05, 4.69) is 5.32 Å². The molecule has 2 rings (SSSR count). The van der Waals surface area contributed by atoms with Gasteiger partial charge in [0.15, 0.2) is 12.7 Å². The molecule has 0 saturated heterocycles. The molecule has 0 aliphatic rings. The van der Waals surface area contributed by atoms with Crippen molar-refractivity contribution in [3.05, 3.63) is 59.6 Å². The quantitative estimate of drug-likeness (QED) is 0.632. The topological polar surface area (TPSA) is 84.9 Å². The lowest BCUT2D eigenvalue weighted by atomic mass is 10.2. The summed E-state index contributed by atoms with van der Waals surface area (Å²) in [5.41, 5.74) is 0.454. The number of anilines is 1. The number of nitrogens with zero attached hydrogens (tertiary/aromatic N) is 1. The maximum Gasteiger partial charge on any atom is 0.347 e. The molecule has 0 heterocycles. The van der Waals surface area contributed by atoms with E-state index in [0.29, 0.717) is 22.9 Å². The molecule has 2 aromatic carbocycles. The van der Waals surface area contributed by atoms with E-state index in [1.54, 1.807) is 55.5 Å². The molecule has 2 amide bonds. The van der Waals surface area contributed by atoms with Crippen LogP contribution in [-0.2, 0) is 19.1 Å². The van der Waals surface area contributed by atoms with Crippen LogP contribution < -0.4 is 10.1 Å². The molecule has 1 atom stereocenters. The van der Waals surface area contributed by atoms with E-state index < -0.39 is 30.5 Å². The van der Waals surface area contributed by atoms with Crippen LogP contribution in [0.1, 0.15) is 13.3 Å². The van der Waals surface area contributed by atoms with E-state index in [0.717, 1.165) is 0 Å². The standard InChI is InChI=1S/C21H23ClN2O5/c1-3-18(29-15-9-5-4-6-10-15)21(27)28-14-20(26)24(2)13-19(25)23-17-12-8-7-11-16(17)22/h4-12,18H,3,13-14H2,1-2H3,(H,23,25)/t18-/m1/s1. The highest BCUT2D eigenvalue weighted by Crippen LogP contribution is 2.20. The molecule has 0 radical (unpaired) electrons. The van der Waals surface area contributed by atoms with Crippen molar-refractivity contribution in [2.24, 2.45) is 0 Å². The van der Waals surface area contributed by atoms with Gasteiger partial charge in [-0.05, 0) is 30.7 Å². The predicted octanol–water partition coefficient (Wildman–Crippen LogP) is 3.14. The first-order chi connectivity index (χ1) is 13.9. The van der Waals surface area contributed by atoms with Crippen molar-refractivity contribution in [3.8, 4) is 5.75 Å². The number of benzene rings is 2. The summed E-state index contributed by atoms with van der Waals surface area (Å²) in [6, 6.07) is 15.7.